The SMILES string of the molecule is C=CCC(=NO)C(=O)OCC. The molecule has 0 atom stereocenters. The number of carbonyl (C=O) groups is 1. The second-order valence-electron chi connectivity index (χ2n) is 1.76. The second-order valence-corrected chi connectivity index (χ2v) is 1.76. The number of rotatable bonds is 4. The summed E-state index contributed by atoms with van der Waals surface area (Å²) in [6.45, 7) is 5.35. The van der Waals surface area contributed by atoms with Crippen LogP contribution in [0.25, 0.3) is 0 Å². The van der Waals surface area contributed by atoms with Gasteiger partial charge >= 0.3 is 5.97 Å². The van der Waals surface area contributed by atoms with Gasteiger partial charge in [-0.25, -0.2) is 4.79 Å². The average Bonchev–Trinajstić information content (AvgIpc) is 2.00. The van der Waals surface area contributed by atoms with Crippen LogP contribution in [-0.4, -0.2) is 23.5 Å². The van der Waals surface area contributed by atoms with Crippen LogP contribution in [0.2, 0.25) is 0 Å². The molecule has 4 heteroatoms. The topological polar surface area (TPSA) is 58.9 Å². The Hall–Kier alpha value is -1.32. The summed E-state index contributed by atoms with van der Waals surface area (Å²) < 4.78 is 4.57. The van der Waals surface area contributed by atoms with Crippen molar-refractivity contribution in [1.29, 1.82) is 0 Å². The zero-order chi connectivity index (χ0) is 8.69. The van der Waals surface area contributed by atoms with Crippen molar-refractivity contribution in [2.75, 3.05) is 6.61 Å². The van der Waals surface area contributed by atoms with Crippen LogP contribution in [-0.2, 0) is 9.53 Å². The quantitative estimate of drug-likeness (QED) is 0.217. The first-order valence-corrected chi connectivity index (χ1v) is 3.25. The number of carbonyl (C=O) groups excluding carboxylic acids is 1. The number of nitrogens with zero attached hydrogens (tertiary/aromatic N) is 1. The van der Waals surface area contributed by atoms with Crippen molar-refractivity contribution >= 4 is 11.7 Å². The number of esters is 1. The lowest BCUT2D eigenvalue weighted by Gasteiger charge is -1.99. The molecule has 1 N–H and O–H groups in total. The van der Waals surface area contributed by atoms with Crippen molar-refractivity contribution in [2.24, 2.45) is 5.16 Å². The first kappa shape index (κ1) is 9.68. The van der Waals surface area contributed by atoms with Crippen molar-refractivity contribution in [1.82, 2.24) is 0 Å². The summed E-state index contributed by atoms with van der Waals surface area (Å²) >= 11 is 0. The first-order valence-electron chi connectivity index (χ1n) is 3.25. The number of hydrogen-bond acceptors (Lipinski definition) is 4. The maximum absolute atomic E-state index is 10.8. The van der Waals surface area contributed by atoms with Gasteiger partial charge in [0.15, 0.2) is 5.71 Å². The molecule has 0 aromatic rings. The van der Waals surface area contributed by atoms with Crippen LogP contribution in [0.1, 0.15) is 13.3 Å². The van der Waals surface area contributed by atoms with E-state index in [0.29, 0.717) is 0 Å². The fraction of sp³-hybridized carbons (Fsp3) is 0.429. The summed E-state index contributed by atoms with van der Waals surface area (Å²) in [5.41, 5.74) is -0.0261. The molecular weight excluding hydrogens is 146 g/mol. The third-order valence-electron chi connectivity index (χ3n) is 0.969. The number of oxime groups is 1. The molecule has 0 heterocycles. The fourth-order valence-electron chi connectivity index (χ4n) is 0.516. The van der Waals surface area contributed by atoms with E-state index in [1.807, 2.05) is 0 Å². The Balaban J connectivity index is 4.04. The molecule has 0 rings (SSSR count). The standard InChI is InChI=1S/C7H11NO3/c1-3-5-6(8-10)7(9)11-4-2/h3,10H,1,4-5H2,2H3. The van der Waals surface area contributed by atoms with E-state index in [2.05, 4.69) is 16.5 Å². The van der Waals surface area contributed by atoms with Crippen LogP contribution in [0.3, 0.4) is 0 Å². The highest BCUT2D eigenvalue weighted by molar-refractivity contribution is 6.36. The molecule has 0 aromatic heterocycles. The van der Waals surface area contributed by atoms with Gasteiger partial charge in [-0.3, -0.25) is 0 Å². The smallest absolute Gasteiger partial charge is 0.356 e. The predicted molar refractivity (Wildman–Crippen MR) is 40.7 cm³/mol. The highest BCUT2D eigenvalue weighted by Gasteiger charge is 2.10. The van der Waals surface area contributed by atoms with Gasteiger partial charge in [0, 0.05) is 6.42 Å². The molecule has 0 saturated heterocycles. The fourth-order valence-corrected chi connectivity index (χ4v) is 0.516. The van der Waals surface area contributed by atoms with E-state index in [9.17, 15) is 4.79 Å². The zero-order valence-corrected chi connectivity index (χ0v) is 6.41. The zero-order valence-electron chi connectivity index (χ0n) is 6.41. The number of hydrogen-bond donors (Lipinski definition) is 1. The summed E-state index contributed by atoms with van der Waals surface area (Å²) in [4.78, 5) is 10.8. The van der Waals surface area contributed by atoms with Crippen molar-refractivity contribution in [3.63, 3.8) is 0 Å². The van der Waals surface area contributed by atoms with Gasteiger partial charge in [-0.05, 0) is 6.92 Å². The van der Waals surface area contributed by atoms with Gasteiger partial charge in [0.1, 0.15) is 0 Å². The molecule has 0 saturated carbocycles. The van der Waals surface area contributed by atoms with Crippen LogP contribution in [0.4, 0.5) is 0 Å². The highest BCUT2D eigenvalue weighted by Crippen LogP contribution is 1.91. The van der Waals surface area contributed by atoms with Crippen molar-refractivity contribution in [3.8, 4) is 0 Å². The highest BCUT2D eigenvalue weighted by atomic mass is 16.5. The maximum Gasteiger partial charge on any atom is 0.356 e. The van der Waals surface area contributed by atoms with Gasteiger partial charge in [0.25, 0.3) is 0 Å². The molecule has 0 aliphatic heterocycles. The molecule has 0 amide bonds. The molecule has 0 bridgehead atoms. The Morgan fingerprint density at radius 2 is 2.45 bits per heavy atom. The largest absolute Gasteiger partial charge is 0.461 e. The van der Waals surface area contributed by atoms with Gasteiger partial charge in [0.2, 0.25) is 0 Å². The molecule has 4 nitrogen and oxygen atoms in total. The van der Waals surface area contributed by atoms with Gasteiger partial charge in [0.05, 0.1) is 6.61 Å². The third-order valence-corrected chi connectivity index (χ3v) is 0.969. The molecule has 0 radical (unpaired) electrons. The molecule has 0 aliphatic carbocycles. The first-order chi connectivity index (χ1) is 5.26. The van der Waals surface area contributed by atoms with Crippen LogP contribution >= 0.6 is 0 Å². The lowest BCUT2D eigenvalue weighted by molar-refractivity contribution is -0.135. The minimum absolute atomic E-state index is 0.0261. The Labute approximate surface area is 65.2 Å². The summed E-state index contributed by atoms with van der Waals surface area (Å²) in [6, 6.07) is 0. The van der Waals surface area contributed by atoms with Crippen LogP contribution < -0.4 is 0 Å². The monoisotopic (exact) mass is 157 g/mol. The van der Waals surface area contributed by atoms with Gasteiger partial charge in [-0.2, -0.15) is 0 Å². The van der Waals surface area contributed by atoms with E-state index in [0.717, 1.165) is 0 Å². The number of ether oxygens (including phenoxy) is 1. The van der Waals surface area contributed by atoms with E-state index in [1.165, 1.54) is 6.08 Å². The molecule has 0 aromatic carbocycles. The third kappa shape index (κ3) is 3.40. The molecule has 62 valence electrons. The molecular formula is C7H11NO3. The van der Waals surface area contributed by atoms with Crippen molar-refractivity contribution in [3.05, 3.63) is 12.7 Å². The minimum atomic E-state index is -0.602. The second kappa shape index (κ2) is 5.46. The minimum Gasteiger partial charge on any atom is -0.461 e. The predicted octanol–water partition coefficient (Wildman–Crippen LogP) is 0.956. The molecule has 0 unspecified atom stereocenters. The lowest BCUT2D eigenvalue weighted by atomic mass is 10.3. The van der Waals surface area contributed by atoms with E-state index in [1.54, 1.807) is 6.92 Å². The van der Waals surface area contributed by atoms with E-state index in [4.69, 9.17) is 5.21 Å². The lowest BCUT2D eigenvalue weighted by Crippen LogP contribution is -2.16. The number of allylic oxidation sites excluding steroid dienone is 1. The summed E-state index contributed by atoms with van der Waals surface area (Å²) in [6.07, 6.45) is 1.68. The van der Waals surface area contributed by atoms with Crippen LogP contribution in [0.15, 0.2) is 17.8 Å². The summed E-state index contributed by atoms with van der Waals surface area (Å²) in [7, 11) is 0. The Kier molecular flexibility index (Phi) is 4.81. The molecule has 0 aliphatic rings. The Morgan fingerprint density at radius 3 is 2.82 bits per heavy atom. The van der Waals surface area contributed by atoms with E-state index >= 15 is 0 Å². The van der Waals surface area contributed by atoms with E-state index in [-0.39, 0.29) is 18.7 Å². The normalized spacial score (nSPS) is 10.8. The molecule has 11 heavy (non-hydrogen) atoms. The van der Waals surface area contributed by atoms with Gasteiger partial charge in [-0.1, -0.05) is 11.2 Å². The summed E-state index contributed by atoms with van der Waals surface area (Å²) in [5, 5.41) is 11.1. The maximum atomic E-state index is 10.8. The summed E-state index contributed by atoms with van der Waals surface area (Å²) in [5.74, 6) is -0.602. The van der Waals surface area contributed by atoms with Crippen LogP contribution in [0, 0.1) is 0 Å². The molecule has 0 fully saturated rings. The van der Waals surface area contributed by atoms with Crippen molar-refractivity contribution in [2.45, 2.75) is 13.3 Å². The van der Waals surface area contributed by atoms with Crippen LogP contribution in [0.5, 0.6) is 0 Å². The van der Waals surface area contributed by atoms with Gasteiger partial charge in [-0.15, -0.1) is 6.58 Å². The Bertz CT molecular complexity index is 175. The average molecular weight is 157 g/mol. The van der Waals surface area contributed by atoms with Crippen molar-refractivity contribution < 1.29 is 14.7 Å². The Morgan fingerprint density at radius 1 is 1.82 bits per heavy atom. The van der Waals surface area contributed by atoms with Gasteiger partial charge < -0.3 is 9.94 Å². The molecule has 0 spiro atoms. The van der Waals surface area contributed by atoms with E-state index < -0.39 is 5.97 Å².